The van der Waals surface area contributed by atoms with Crippen LogP contribution in [0.5, 0.6) is 0 Å². The molecule has 17 heavy (non-hydrogen) atoms. The van der Waals surface area contributed by atoms with Crippen molar-refractivity contribution < 1.29 is 14.6 Å². The van der Waals surface area contributed by atoms with E-state index in [2.05, 4.69) is 11.4 Å². The average molecular weight is 239 g/mol. The van der Waals surface area contributed by atoms with Gasteiger partial charge in [0.2, 0.25) is 6.41 Å². The molecule has 3 atom stereocenters. The Morgan fingerprint density at radius 2 is 2.12 bits per heavy atom. The highest BCUT2D eigenvalue weighted by molar-refractivity contribution is 5.48. The van der Waals surface area contributed by atoms with Gasteiger partial charge in [0.15, 0.2) is 5.72 Å². The summed E-state index contributed by atoms with van der Waals surface area (Å²) in [6, 6.07) is 0. The van der Waals surface area contributed by atoms with E-state index < -0.39 is 5.72 Å². The monoisotopic (exact) mass is 239 g/mol. The van der Waals surface area contributed by atoms with Gasteiger partial charge in [-0.05, 0) is 26.7 Å². The summed E-state index contributed by atoms with van der Waals surface area (Å²) in [5.74, 6) is 0. The molecule has 0 unspecified atom stereocenters. The maximum absolute atomic E-state index is 10.5. The van der Waals surface area contributed by atoms with Gasteiger partial charge in [-0.25, -0.2) is 0 Å². The minimum atomic E-state index is -1.23. The molecule has 0 aliphatic carbocycles. The van der Waals surface area contributed by atoms with Crippen LogP contribution >= 0.6 is 0 Å². The fourth-order valence-electron chi connectivity index (χ4n) is 1.82. The van der Waals surface area contributed by atoms with Crippen LogP contribution < -0.4 is 5.32 Å². The maximum atomic E-state index is 10.5. The molecule has 1 aliphatic rings. The molecule has 1 saturated heterocycles. The van der Waals surface area contributed by atoms with E-state index in [9.17, 15) is 9.90 Å². The van der Waals surface area contributed by atoms with E-state index in [0.717, 1.165) is 6.42 Å². The molecular formula is C13H21NO3. The Morgan fingerprint density at radius 3 is 2.65 bits per heavy atom. The molecule has 1 fully saturated rings. The molecule has 0 saturated carbocycles. The van der Waals surface area contributed by atoms with E-state index in [0.29, 0.717) is 19.3 Å². The van der Waals surface area contributed by atoms with Crippen molar-refractivity contribution in [1.29, 1.82) is 0 Å². The molecular weight excluding hydrogens is 218 g/mol. The number of carbonyl (C=O) groups is 1. The number of epoxide rings is 1. The highest BCUT2D eigenvalue weighted by Gasteiger charge is 2.51. The van der Waals surface area contributed by atoms with Gasteiger partial charge in [0.05, 0.1) is 6.10 Å². The summed E-state index contributed by atoms with van der Waals surface area (Å²) in [5, 5.41) is 12.7. The van der Waals surface area contributed by atoms with Crippen molar-refractivity contribution >= 4 is 6.41 Å². The molecule has 0 aromatic heterocycles. The first-order valence-corrected chi connectivity index (χ1v) is 5.99. The Bertz CT molecular complexity index is 301. The summed E-state index contributed by atoms with van der Waals surface area (Å²) < 4.78 is 5.22. The number of rotatable bonds is 8. The molecule has 1 rings (SSSR count). The highest BCUT2D eigenvalue weighted by atomic mass is 16.6. The quantitative estimate of drug-likeness (QED) is 0.292. The highest BCUT2D eigenvalue weighted by Crippen LogP contribution is 2.33. The van der Waals surface area contributed by atoms with E-state index in [-0.39, 0.29) is 12.2 Å². The van der Waals surface area contributed by atoms with Gasteiger partial charge in [0.25, 0.3) is 0 Å². The fourth-order valence-corrected chi connectivity index (χ4v) is 1.82. The molecule has 96 valence electrons. The first kappa shape index (κ1) is 13.9. The van der Waals surface area contributed by atoms with Crippen LogP contribution in [-0.4, -0.2) is 29.4 Å². The predicted molar refractivity (Wildman–Crippen MR) is 66.3 cm³/mol. The van der Waals surface area contributed by atoms with E-state index in [1.165, 1.54) is 0 Å². The molecule has 1 heterocycles. The second-order valence-corrected chi connectivity index (χ2v) is 4.26. The summed E-state index contributed by atoms with van der Waals surface area (Å²) in [6.45, 7) is 3.86. The molecule has 4 heteroatoms. The Morgan fingerprint density at radius 1 is 1.41 bits per heavy atom. The van der Waals surface area contributed by atoms with E-state index in [1.54, 1.807) is 0 Å². The van der Waals surface area contributed by atoms with Crippen LogP contribution in [0.2, 0.25) is 0 Å². The van der Waals surface area contributed by atoms with Crippen LogP contribution in [0.25, 0.3) is 0 Å². The Kier molecular flexibility index (Phi) is 5.38. The first-order valence-electron chi connectivity index (χ1n) is 5.99. The van der Waals surface area contributed by atoms with E-state index in [1.807, 2.05) is 32.1 Å². The van der Waals surface area contributed by atoms with E-state index >= 15 is 0 Å². The molecule has 1 aliphatic heterocycles. The zero-order valence-corrected chi connectivity index (χ0v) is 10.4. The third-order valence-corrected chi connectivity index (χ3v) is 2.86. The van der Waals surface area contributed by atoms with Crippen LogP contribution in [0.3, 0.4) is 0 Å². The molecule has 0 radical (unpaired) electrons. The largest absolute Gasteiger partial charge is 0.368 e. The third kappa shape index (κ3) is 4.32. The number of amides is 1. The number of hydrogen-bond donors (Lipinski definition) is 2. The molecule has 4 nitrogen and oxygen atoms in total. The number of hydrogen-bond acceptors (Lipinski definition) is 3. The zero-order valence-electron chi connectivity index (χ0n) is 10.4. The summed E-state index contributed by atoms with van der Waals surface area (Å²) in [6.07, 6.45) is 10.4. The SMILES string of the molecule is C/C=C/C/C=C/CC[C@](O)(NC=O)[C@H]1O[C@H]1C. The van der Waals surface area contributed by atoms with Crippen molar-refractivity contribution in [2.24, 2.45) is 0 Å². The van der Waals surface area contributed by atoms with Gasteiger partial charge < -0.3 is 15.2 Å². The normalized spacial score (nSPS) is 27.2. The first-order chi connectivity index (χ1) is 8.14. The van der Waals surface area contributed by atoms with Crippen LogP contribution in [0, 0.1) is 0 Å². The Hall–Kier alpha value is -1.13. The van der Waals surface area contributed by atoms with Crippen LogP contribution in [0.1, 0.15) is 33.1 Å². The fraction of sp³-hybridized carbons (Fsp3) is 0.615. The van der Waals surface area contributed by atoms with Crippen LogP contribution in [-0.2, 0) is 9.53 Å². The van der Waals surface area contributed by atoms with Crippen molar-refractivity contribution in [2.45, 2.75) is 51.0 Å². The molecule has 2 N–H and O–H groups in total. The van der Waals surface area contributed by atoms with Gasteiger partial charge in [0.1, 0.15) is 6.10 Å². The number of carbonyl (C=O) groups excluding carboxylic acids is 1. The van der Waals surface area contributed by atoms with Gasteiger partial charge >= 0.3 is 0 Å². The summed E-state index contributed by atoms with van der Waals surface area (Å²) in [7, 11) is 0. The molecule has 0 bridgehead atoms. The van der Waals surface area contributed by atoms with Crippen LogP contribution in [0.15, 0.2) is 24.3 Å². The van der Waals surface area contributed by atoms with Gasteiger partial charge in [-0.3, -0.25) is 4.79 Å². The number of nitrogens with one attached hydrogen (secondary N) is 1. The summed E-state index contributed by atoms with van der Waals surface area (Å²) in [5.41, 5.74) is -1.23. The molecule has 1 amide bonds. The van der Waals surface area contributed by atoms with Gasteiger partial charge in [-0.2, -0.15) is 0 Å². The second kappa shape index (κ2) is 6.57. The van der Waals surface area contributed by atoms with Gasteiger partial charge in [-0.15, -0.1) is 0 Å². The van der Waals surface area contributed by atoms with Gasteiger partial charge in [-0.1, -0.05) is 24.3 Å². The van der Waals surface area contributed by atoms with Crippen LogP contribution in [0.4, 0.5) is 0 Å². The molecule has 0 aromatic carbocycles. The summed E-state index contributed by atoms with van der Waals surface area (Å²) >= 11 is 0. The van der Waals surface area contributed by atoms with Gasteiger partial charge in [0, 0.05) is 6.42 Å². The Labute approximate surface area is 102 Å². The minimum absolute atomic E-state index is 0.0134. The second-order valence-electron chi connectivity index (χ2n) is 4.26. The lowest BCUT2D eigenvalue weighted by Gasteiger charge is -2.25. The minimum Gasteiger partial charge on any atom is -0.368 e. The standard InChI is InChI=1S/C13H21NO3/c1-3-4-5-6-7-8-9-13(16,14-10-15)12-11(2)17-12/h3-4,6-7,10-12,16H,5,8-9H2,1-2H3,(H,14,15)/b4-3+,7-6+/t11-,12-,13+/m0/s1. The zero-order chi connectivity index (χ0) is 12.7. The van der Waals surface area contributed by atoms with Crippen molar-refractivity contribution in [2.75, 3.05) is 0 Å². The third-order valence-electron chi connectivity index (χ3n) is 2.86. The van der Waals surface area contributed by atoms with Crippen molar-refractivity contribution in [3.63, 3.8) is 0 Å². The maximum Gasteiger partial charge on any atom is 0.209 e. The number of aliphatic hydroxyl groups is 1. The van der Waals surface area contributed by atoms with E-state index in [4.69, 9.17) is 4.74 Å². The smallest absolute Gasteiger partial charge is 0.209 e. The topological polar surface area (TPSA) is 61.9 Å². The lowest BCUT2D eigenvalue weighted by molar-refractivity contribution is -0.118. The lowest BCUT2D eigenvalue weighted by Crippen LogP contribution is -2.50. The van der Waals surface area contributed by atoms with Crippen molar-refractivity contribution in [1.82, 2.24) is 5.32 Å². The van der Waals surface area contributed by atoms with Crippen molar-refractivity contribution in [3.8, 4) is 0 Å². The van der Waals surface area contributed by atoms with Crippen molar-refractivity contribution in [3.05, 3.63) is 24.3 Å². The molecule has 0 spiro atoms. The average Bonchev–Trinajstić information content (AvgIpc) is 3.02. The summed E-state index contributed by atoms with van der Waals surface area (Å²) in [4.78, 5) is 10.5. The Balaban J connectivity index is 2.34. The number of allylic oxidation sites excluding steroid dienone is 4. The predicted octanol–water partition coefficient (Wildman–Crippen LogP) is 1.51. The lowest BCUT2D eigenvalue weighted by atomic mass is 10.0. The number of ether oxygens (including phenoxy) is 1. The molecule has 0 aromatic rings.